The third-order valence-electron chi connectivity index (χ3n) is 5.40. The summed E-state index contributed by atoms with van der Waals surface area (Å²) in [5.74, 6) is 1.76. The zero-order valence-electron chi connectivity index (χ0n) is 14.6. The van der Waals surface area contributed by atoms with Crippen molar-refractivity contribution < 1.29 is 9.59 Å². The first kappa shape index (κ1) is 17.3. The number of amides is 2. The van der Waals surface area contributed by atoms with Gasteiger partial charge in [0.1, 0.15) is 0 Å². The van der Waals surface area contributed by atoms with Gasteiger partial charge in [-0.05, 0) is 37.3 Å². The molecule has 2 aliphatic heterocycles. The number of rotatable bonds is 4. The lowest BCUT2D eigenvalue weighted by Crippen LogP contribution is -2.48. The summed E-state index contributed by atoms with van der Waals surface area (Å²) in [6.45, 7) is 4.29. The maximum absolute atomic E-state index is 12.5. The normalized spacial score (nSPS) is 24.0. The molecule has 2 heterocycles. The van der Waals surface area contributed by atoms with E-state index in [1.54, 1.807) is 11.8 Å². The van der Waals surface area contributed by atoms with Crippen LogP contribution in [0.3, 0.4) is 0 Å². The number of carbonyl (C=O) groups is 2. The van der Waals surface area contributed by atoms with Gasteiger partial charge in [0.15, 0.2) is 0 Å². The zero-order chi connectivity index (χ0) is 17.2. The van der Waals surface area contributed by atoms with Crippen LogP contribution in [0.25, 0.3) is 0 Å². The first-order chi connectivity index (χ1) is 11.5. The van der Waals surface area contributed by atoms with E-state index in [0.717, 1.165) is 38.1 Å². The average molecular weight is 346 g/mol. The van der Waals surface area contributed by atoms with Gasteiger partial charge in [-0.25, -0.2) is 0 Å². The van der Waals surface area contributed by atoms with Crippen LogP contribution in [0.1, 0.15) is 30.4 Å². The minimum atomic E-state index is -0.302. The van der Waals surface area contributed by atoms with Crippen LogP contribution in [-0.2, 0) is 15.3 Å². The number of likely N-dealkylation sites (tertiary alicyclic amines) is 2. The van der Waals surface area contributed by atoms with Crippen LogP contribution >= 0.6 is 11.8 Å². The summed E-state index contributed by atoms with van der Waals surface area (Å²) in [5, 5.41) is 0. The highest BCUT2D eigenvalue weighted by Gasteiger charge is 2.48. The van der Waals surface area contributed by atoms with Crippen molar-refractivity contribution in [3.63, 3.8) is 0 Å². The number of benzene rings is 1. The molecule has 0 radical (unpaired) electrons. The molecule has 0 N–H and O–H groups in total. The number of thioether (sulfide) groups is 1. The maximum Gasteiger partial charge on any atom is 0.232 e. The Balaban J connectivity index is 1.52. The summed E-state index contributed by atoms with van der Waals surface area (Å²) < 4.78 is 0. The van der Waals surface area contributed by atoms with Crippen molar-refractivity contribution in [3.05, 3.63) is 35.4 Å². The number of carbonyl (C=O) groups excluding carboxylic acids is 2. The largest absolute Gasteiger partial charge is 0.345 e. The molecular weight excluding hydrogens is 320 g/mol. The summed E-state index contributed by atoms with van der Waals surface area (Å²) in [7, 11) is 1.88. The van der Waals surface area contributed by atoms with Gasteiger partial charge in [-0.1, -0.05) is 24.3 Å². The van der Waals surface area contributed by atoms with Crippen LogP contribution in [0, 0.1) is 12.3 Å². The number of aryl methyl sites for hydroxylation is 1. The topological polar surface area (TPSA) is 40.6 Å². The Morgan fingerprint density at radius 2 is 2.04 bits per heavy atom. The van der Waals surface area contributed by atoms with Crippen molar-refractivity contribution in [1.82, 2.24) is 9.80 Å². The van der Waals surface area contributed by atoms with Crippen molar-refractivity contribution in [2.24, 2.45) is 5.41 Å². The van der Waals surface area contributed by atoms with E-state index in [-0.39, 0.29) is 17.2 Å². The van der Waals surface area contributed by atoms with Gasteiger partial charge in [-0.3, -0.25) is 9.59 Å². The van der Waals surface area contributed by atoms with Gasteiger partial charge in [0.25, 0.3) is 0 Å². The van der Waals surface area contributed by atoms with Gasteiger partial charge in [0, 0.05) is 32.4 Å². The van der Waals surface area contributed by atoms with Crippen molar-refractivity contribution >= 4 is 23.6 Å². The molecule has 0 aliphatic carbocycles. The molecule has 2 fully saturated rings. The molecule has 2 aliphatic rings. The molecule has 0 aromatic heterocycles. The molecule has 3 rings (SSSR count). The first-order valence-corrected chi connectivity index (χ1v) is 9.83. The molecule has 0 bridgehead atoms. The van der Waals surface area contributed by atoms with Crippen LogP contribution in [-0.4, -0.2) is 54.0 Å². The Hall–Kier alpha value is -1.49. The second-order valence-electron chi connectivity index (χ2n) is 7.10. The van der Waals surface area contributed by atoms with E-state index in [4.69, 9.17) is 0 Å². The Bertz CT molecular complexity index is 634. The highest BCUT2D eigenvalue weighted by molar-refractivity contribution is 7.99. The Morgan fingerprint density at radius 1 is 1.25 bits per heavy atom. The van der Waals surface area contributed by atoms with Crippen molar-refractivity contribution in [2.75, 3.05) is 32.4 Å². The SMILES string of the molecule is Cc1ccccc1CSCC(=O)N1CC[C@@]2(CCCN(C)C2=O)C1. The van der Waals surface area contributed by atoms with Crippen LogP contribution in [0.15, 0.2) is 24.3 Å². The Morgan fingerprint density at radius 3 is 2.83 bits per heavy atom. The van der Waals surface area contributed by atoms with Gasteiger partial charge in [0.2, 0.25) is 11.8 Å². The Labute approximate surface area is 148 Å². The lowest BCUT2D eigenvalue weighted by molar-refractivity contribution is -0.144. The molecule has 1 spiro atoms. The lowest BCUT2D eigenvalue weighted by atomic mass is 9.78. The monoisotopic (exact) mass is 346 g/mol. The fourth-order valence-corrected chi connectivity index (χ4v) is 4.85. The van der Waals surface area contributed by atoms with E-state index >= 15 is 0 Å². The molecule has 1 aromatic rings. The molecule has 130 valence electrons. The Kier molecular flexibility index (Phi) is 5.18. The van der Waals surface area contributed by atoms with Crippen LogP contribution in [0.2, 0.25) is 0 Å². The summed E-state index contributed by atoms with van der Waals surface area (Å²) >= 11 is 1.67. The minimum Gasteiger partial charge on any atom is -0.345 e. The smallest absolute Gasteiger partial charge is 0.232 e. The molecular formula is C19H26N2O2S. The molecule has 2 amide bonds. The fraction of sp³-hybridized carbons (Fsp3) is 0.579. The van der Waals surface area contributed by atoms with Gasteiger partial charge in [-0.15, -0.1) is 11.8 Å². The standard InChI is InChI=1S/C19H26N2O2S/c1-15-6-3-4-7-16(15)12-24-13-17(22)21-11-9-19(14-21)8-5-10-20(2)18(19)23/h3-4,6-7H,5,8-14H2,1-2H3/t19-/m0/s1. The van der Waals surface area contributed by atoms with E-state index in [1.807, 2.05) is 29.0 Å². The van der Waals surface area contributed by atoms with Crippen molar-refractivity contribution in [3.8, 4) is 0 Å². The van der Waals surface area contributed by atoms with Gasteiger partial charge in [0.05, 0.1) is 11.2 Å². The van der Waals surface area contributed by atoms with Gasteiger partial charge >= 0.3 is 0 Å². The number of piperidine rings is 1. The number of hydrogen-bond donors (Lipinski definition) is 0. The van der Waals surface area contributed by atoms with Gasteiger partial charge in [-0.2, -0.15) is 0 Å². The number of hydrogen-bond acceptors (Lipinski definition) is 3. The van der Waals surface area contributed by atoms with Gasteiger partial charge < -0.3 is 9.80 Å². The molecule has 24 heavy (non-hydrogen) atoms. The summed E-state index contributed by atoms with van der Waals surface area (Å²) in [6.07, 6.45) is 2.80. The third-order valence-corrected chi connectivity index (χ3v) is 6.37. The maximum atomic E-state index is 12.5. The summed E-state index contributed by atoms with van der Waals surface area (Å²) in [5.41, 5.74) is 2.26. The van der Waals surface area contributed by atoms with Crippen molar-refractivity contribution in [2.45, 2.75) is 31.9 Å². The molecule has 1 atom stereocenters. The highest BCUT2D eigenvalue weighted by Crippen LogP contribution is 2.39. The average Bonchev–Trinajstić information content (AvgIpc) is 3.00. The molecule has 0 unspecified atom stereocenters. The third kappa shape index (κ3) is 3.46. The summed E-state index contributed by atoms with van der Waals surface area (Å²) in [4.78, 5) is 28.8. The van der Waals surface area contributed by atoms with E-state index in [9.17, 15) is 9.59 Å². The van der Waals surface area contributed by atoms with E-state index in [0.29, 0.717) is 12.3 Å². The molecule has 0 saturated carbocycles. The van der Waals surface area contributed by atoms with E-state index in [1.165, 1.54) is 11.1 Å². The number of nitrogens with zero attached hydrogens (tertiary/aromatic N) is 2. The predicted molar refractivity (Wildman–Crippen MR) is 97.8 cm³/mol. The fourth-order valence-electron chi connectivity index (χ4n) is 3.84. The molecule has 4 nitrogen and oxygen atoms in total. The lowest BCUT2D eigenvalue weighted by Gasteiger charge is -2.37. The molecule has 2 saturated heterocycles. The molecule has 5 heteroatoms. The molecule has 1 aromatic carbocycles. The van der Waals surface area contributed by atoms with Crippen LogP contribution in [0.4, 0.5) is 0 Å². The minimum absolute atomic E-state index is 0.173. The van der Waals surface area contributed by atoms with Crippen molar-refractivity contribution in [1.29, 1.82) is 0 Å². The van der Waals surface area contributed by atoms with E-state index < -0.39 is 0 Å². The van der Waals surface area contributed by atoms with Crippen LogP contribution < -0.4 is 0 Å². The second kappa shape index (κ2) is 7.18. The van der Waals surface area contributed by atoms with E-state index in [2.05, 4.69) is 19.1 Å². The predicted octanol–water partition coefficient (Wildman–Crippen LogP) is 2.70. The highest BCUT2D eigenvalue weighted by atomic mass is 32.2. The zero-order valence-corrected chi connectivity index (χ0v) is 15.4. The quantitative estimate of drug-likeness (QED) is 0.842. The van der Waals surface area contributed by atoms with Crippen LogP contribution in [0.5, 0.6) is 0 Å². The second-order valence-corrected chi connectivity index (χ2v) is 8.08. The summed E-state index contributed by atoms with van der Waals surface area (Å²) in [6, 6.07) is 8.30. The first-order valence-electron chi connectivity index (χ1n) is 8.67.